The molecule has 5 nitrogen and oxygen atoms in total. The van der Waals surface area contributed by atoms with E-state index in [4.69, 9.17) is 0 Å². The summed E-state index contributed by atoms with van der Waals surface area (Å²) in [5.74, 6) is 1.39. The summed E-state index contributed by atoms with van der Waals surface area (Å²) in [5.41, 5.74) is 1.17. The second kappa shape index (κ2) is 5.71. The molecule has 0 saturated heterocycles. The zero-order chi connectivity index (χ0) is 13.1. The fourth-order valence-corrected chi connectivity index (χ4v) is 2.65. The van der Waals surface area contributed by atoms with E-state index in [-0.39, 0.29) is 6.10 Å². The molecule has 5 heteroatoms. The molecule has 1 heterocycles. The maximum Gasteiger partial charge on any atom is 0.204 e. The number of aliphatic hydroxyl groups is 1. The van der Waals surface area contributed by atoms with Gasteiger partial charge >= 0.3 is 0 Å². The highest BCUT2D eigenvalue weighted by Gasteiger charge is 2.24. The van der Waals surface area contributed by atoms with E-state index in [1.165, 1.54) is 5.69 Å². The van der Waals surface area contributed by atoms with Crippen molar-refractivity contribution >= 4 is 5.95 Å². The molecule has 0 radical (unpaired) electrons. The van der Waals surface area contributed by atoms with Gasteiger partial charge in [-0.05, 0) is 18.8 Å². The van der Waals surface area contributed by atoms with Crippen molar-refractivity contribution in [2.24, 2.45) is 13.0 Å². The van der Waals surface area contributed by atoms with Crippen molar-refractivity contribution in [3.8, 4) is 0 Å². The summed E-state index contributed by atoms with van der Waals surface area (Å²) in [6.07, 6.45) is 5.06. The molecule has 2 unspecified atom stereocenters. The maximum absolute atomic E-state index is 9.75. The lowest BCUT2D eigenvalue weighted by molar-refractivity contribution is 0.131. The van der Waals surface area contributed by atoms with Crippen LogP contribution >= 0.6 is 0 Å². The fourth-order valence-electron chi connectivity index (χ4n) is 2.65. The Kier molecular flexibility index (Phi) is 4.24. The predicted molar refractivity (Wildman–Crippen MR) is 72.6 cm³/mol. The molecule has 1 aromatic heterocycles. The van der Waals surface area contributed by atoms with Gasteiger partial charge in [0.25, 0.3) is 0 Å². The van der Waals surface area contributed by atoms with Crippen molar-refractivity contribution in [1.82, 2.24) is 14.9 Å². The van der Waals surface area contributed by atoms with Gasteiger partial charge in [-0.2, -0.15) is 0 Å². The van der Waals surface area contributed by atoms with E-state index in [9.17, 15) is 5.11 Å². The molecule has 1 aliphatic carbocycles. The highest BCUT2D eigenvalue weighted by Crippen LogP contribution is 2.24. The highest BCUT2D eigenvalue weighted by atomic mass is 16.3. The Morgan fingerprint density at radius 1 is 1.50 bits per heavy atom. The number of anilines is 1. The minimum atomic E-state index is -0.110. The molecule has 1 aromatic rings. The van der Waals surface area contributed by atoms with Gasteiger partial charge in [-0.15, -0.1) is 0 Å². The SMILES string of the molecule is CN(C)c1ncc(CNCC2CCCC2O)n1C. The van der Waals surface area contributed by atoms with Crippen LogP contribution in [0.1, 0.15) is 25.0 Å². The summed E-state index contributed by atoms with van der Waals surface area (Å²) in [5, 5.41) is 13.2. The minimum absolute atomic E-state index is 0.110. The standard InChI is InChI=1S/C13H24N4O/c1-16(2)13-15-9-11(17(13)3)8-14-7-10-5-4-6-12(10)18/h9-10,12,14,18H,4-8H2,1-3H3. The molecule has 2 rings (SSSR count). The molecule has 0 bridgehead atoms. The zero-order valence-corrected chi connectivity index (χ0v) is 11.6. The van der Waals surface area contributed by atoms with Crippen LogP contribution in [0, 0.1) is 5.92 Å². The van der Waals surface area contributed by atoms with Crippen LogP contribution in [0.4, 0.5) is 5.95 Å². The number of nitrogens with zero attached hydrogens (tertiary/aromatic N) is 3. The summed E-state index contributed by atoms with van der Waals surface area (Å²) in [6.45, 7) is 1.70. The summed E-state index contributed by atoms with van der Waals surface area (Å²) in [4.78, 5) is 6.38. The van der Waals surface area contributed by atoms with Crippen LogP contribution in [0.25, 0.3) is 0 Å². The Hall–Kier alpha value is -1.07. The van der Waals surface area contributed by atoms with Gasteiger partial charge in [-0.1, -0.05) is 6.42 Å². The summed E-state index contributed by atoms with van der Waals surface area (Å²) in [6, 6.07) is 0. The van der Waals surface area contributed by atoms with E-state index in [2.05, 4.69) is 14.9 Å². The smallest absolute Gasteiger partial charge is 0.204 e. The third-order valence-corrected chi connectivity index (χ3v) is 3.79. The molecule has 18 heavy (non-hydrogen) atoms. The lowest BCUT2D eigenvalue weighted by atomic mass is 10.1. The number of nitrogens with one attached hydrogen (secondary N) is 1. The van der Waals surface area contributed by atoms with Crippen LogP contribution in [-0.4, -0.2) is 41.4 Å². The van der Waals surface area contributed by atoms with Crippen LogP contribution in [0.15, 0.2) is 6.20 Å². The Morgan fingerprint density at radius 3 is 2.83 bits per heavy atom. The average molecular weight is 252 g/mol. The van der Waals surface area contributed by atoms with Crippen molar-refractivity contribution in [2.75, 3.05) is 25.5 Å². The number of aliphatic hydroxyl groups excluding tert-OH is 1. The third-order valence-electron chi connectivity index (χ3n) is 3.79. The Morgan fingerprint density at radius 2 is 2.28 bits per heavy atom. The second-order valence-corrected chi connectivity index (χ2v) is 5.39. The summed E-state index contributed by atoms with van der Waals surface area (Å²) >= 11 is 0. The molecule has 1 fully saturated rings. The predicted octanol–water partition coefficient (Wildman–Crippen LogP) is 0.737. The number of hydrogen-bond donors (Lipinski definition) is 2. The van der Waals surface area contributed by atoms with E-state index in [0.29, 0.717) is 5.92 Å². The van der Waals surface area contributed by atoms with Crippen LogP contribution in [-0.2, 0) is 13.6 Å². The van der Waals surface area contributed by atoms with Gasteiger partial charge in [0, 0.05) is 34.2 Å². The molecule has 0 aliphatic heterocycles. The molecule has 2 N–H and O–H groups in total. The fraction of sp³-hybridized carbons (Fsp3) is 0.769. The first-order valence-electron chi connectivity index (χ1n) is 6.66. The van der Waals surface area contributed by atoms with Gasteiger partial charge in [0.05, 0.1) is 18.0 Å². The molecule has 0 spiro atoms. The topological polar surface area (TPSA) is 53.3 Å². The molecule has 0 amide bonds. The Balaban J connectivity index is 1.83. The zero-order valence-electron chi connectivity index (χ0n) is 11.6. The van der Waals surface area contributed by atoms with Crippen LogP contribution in [0.2, 0.25) is 0 Å². The van der Waals surface area contributed by atoms with E-state index < -0.39 is 0 Å². The first-order valence-corrected chi connectivity index (χ1v) is 6.66. The molecule has 2 atom stereocenters. The van der Waals surface area contributed by atoms with Crippen molar-refractivity contribution < 1.29 is 5.11 Å². The van der Waals surface area contributed by atoms with Gasteiger partial charge in [-0.25, -0.2) is 4.98 Å². The highest BCUT2D eigenvalue weighted by molar-refractivity contribution is 5.30. The van der Waals surface area contributed by atoms with Crippen molar-refractivity contribution in [3.05, 3.63) is 11.9 Å². The van der Waals surface area contributed by atoms with E-state index in [1.54, 1.807) is 0 Å². The molecule has 0 aromatic carbocycles. The molecule has 1 aliphatic rings. The number of imidazole rings is 1. The van der Waals surface area contributed by atoms with E-state index in [1.807, 2.05) is 32.2 Å². The van der Waals surface area contributed by atoms with Crippen LogP contribution in [0.5, 0.6) is 0 Å². The first kappa shape index (κ1) is 13.4. The molecule has 1 saturated carbocycles. The van der Waals surface area contributed by atoms with Gasteiger partial charge in [0.2, 0.25) is 5.95 Å². The van der Waals surface area contributed by atoms with Crippen LogP contribution < -0.4 is 10.2 Å². The number of hydrogen-bond acceptors (Lipinski definition) is 4. The monoisotopic (exact) mass is 252 g/mol. The third kappa shape index (κ3) is 2.84. The average Bonchev–Trinajstić information content (AvgIpc) is 2.87. The summed E-state index contributed by atoms with van der Waals surface area (Å²) < 4.78 is 2.10. The number of aromatic nitrogens is 2. The maximum atomic E-state index is 9.75. The van der Waals surface area contributed by atoms with Gasteiger partial charge in [0.1, 0.15) is 0 Å². The van der Waals surface area contributed by atoms with E-state index >= 15 is 0 Å². The normalized spacial score (nSPS) is 23.6. The molecular formula is C13H24N4O. The first-order chi connectivity index (χ1) is 8.59. The van der Waals surface area contributed by atoms with Crippen molar-refractivity contribution in [3.63, 3.8) is 0 Å². The van der Waals surface area contributed by atoms with E-state index in [0.717, 1.165) is 38.3 Å². The minimum Gasteiger partial charge on any atom is -0.393 e. The molecular weight excluding hydrogens is 228 g/mol. The number of rotatable bonds is 5. The van der Waals surface area contributed by atoms with Gasteiger partial charge < -0.3 is 19.9 Å². The Labute approximate surface area is 109 Å². The largest absolute Gasteiger partial charge is 0.393 e. The van der Waals surface area contributed by atoms with Crippen molar-refractivity contribution in [1.29, 1.82) is 0 Å². The second-order valence-electron chi connectivity index (χ2n) is 5.39. The van der Waals surface area contributed by atoms with Crippen molar-refractivity contribution in [2.45, 2.75) is 31.9 Å². The quantitative estimate of drug-likeness (QED) is 0.811. The van der Waals surface area contributed by atoms with Crippen LogP contribution in [0.3, 0.4) is 0 Å². The molecule has 102 valence electrons. The summed E-state index contributed by atoms with van der Waals surface area (Å²) in [7, 11) is 6.02. The van der Waals surface area contributed by atoms with Gasteiger partial charge in [0.15, 0.2) is 0 Å². The Bertz CT molecular complexity index is 388. The lowest BCUT2D eigenvalue weighted by Gasteiger charge is -2.16. The lowest BCUT2D eigenvalue weighted by Crippen LogP contribution is -2.28. The van der Waals surface area contributed by atoms with Gasteiger partial charge in [-0.3, -0.25) is 0 Å².